The van der Waals surface area contributed by atoms with E-state index in [0.29, 0.717) is 12.6 Å². The van der Waals surface area contributed by atoms with Gasteiger partial charge in [0.15, 0.2) is 5.96 Å². The Kier molecular flexibility index (Phi) is 10.0. The zero-order valence-corrected chi connectivity index (χ0v) is 20.0. The van der Waals surface area contributed by atoms with Crippen LogP contribution in [-0.2, 0) is 4.79 Å². The smallest absolute Gasteiger partial charge is 0.243 e. The summed E-state index contributed by atoms with van der Waals surface area (Å²) in [5.41, 5.74) is 1.15. The van der Waals surface area contributed by atoms with Crippen LogP contribution in [0.15, 0.2) is 29.3 Å². The van der Waals surface area contributed by atoms with Gasteiger partial charge in [-0.25, -0.2) is 4.99 Å². The number of fused-ring (bicyclic) bond motifs is 1. The number of halogens is 1. The summed E-state index contributed by atoms with van der Waals surface area (Å²) in [6.07, 6.45) is 8.84. The summed E-state index contributed by atoms with van der Waals surface area (Å²) in [7, 11) is 3.52. The molecule has 1 aliphatic carbocycles. The van der Waals surface area contributed by atoms with Gasteiger partial charge in [-0.1, -0.05) is 43.9 Å². The Balaban J connectivity index is 0.00000300. The number of hydrogen-bond donors (Lipinski definition) is 2. The summed E-state index contributed by atoms with van der Waals surface area (Å²) in [6.45, 7) is 1.71. The van der Waals surface area contributed by atoms with Crippen molar-refractivity contribution in [3.8, 4) is 5.75 Å². The van der Waals surface area contributed by atoms with Crippen LogP contribution in [0.4, 0.5) is 0 Å². The molecular formula is C22H35IN4O2. The molecule has 7 heteroatoms. The molecule has 1 fully saturated rings. The van der Waals surface area contributed by atoms with Gasteiger partial charge in [0.2, 0.25) is 5.91 Å². The average Bonchev–Trinajstić information content (AvgIpc) is 3.22. The van der Waals surface area contributed by atoms with Crippen molar-refractivity contribution >= 4 is 35.8 Å². The molecule has 0 radical (unpaired) electrons. The van der Waals surface area contributed by atoms with Crippen LogP contribution in [0.2, 0.25) is 0 Å². The molecule has 0 saturated heterocycles. The Labute approximate surface area is 191 Å². The van der Waals surface area contributed by atoms with E-state index in [1.54, 1.807) is 19.0 Å². The normalized spacial score (nSPS) is 19.0. The number of nitrogens with zero attached hydrogens (tertiary/aromatic N) is 2. The van der Waals surface area contributed by atoms with Crippen LogP contribution in [0.25, 0.3) is 0 Å². The van der Waals surface area contributed by atoms with Crippen molar-refractivity contribution in [2.75, 3.05) is 33.8 Å². The predicted molar refractivity (Wildman–Crippen MR) is 128 cm³/mol. The molecular weight excluding hydrogens is 479 g/mol. The van der Waals surface area contributed by atoms with Gasteiger partial charge >= 0.3 is 0 Å². The summed E-state index contributed by atoms with van der Waals surface area (Å²) in [5.74, 6) is 2.53. The Morgan fingerprint density at radius 2 is 1.97 bits per heavy atom. The molecule has 1 saturated carbocycles. The monoisotopic (exact) mass is 514 g/mol. The molecule has 162 valence electrons. The van der Waals surface area contributed by atoms with Crippen molar-refractivity contribution in [2.24, 2.45) is 10.9 Å². The number of aliphatic imine (C=N–C) groups is 1. The zero-order chi connectivity index (χ0) is 19.8. The third kappa shape index (κ3) is 7.35. The largest absolute Gasteiger partial charge is 0.493 e. The van der Waals surface area contributed by atoms with Gasteiger partial charge in [-0.05, 0) is 24.8 Å². The number of rotatable bonds is 7. The SMILES string of the molecule is CN(C)C(=O)CN=C(NCCCC1CCCC1)NC1CCOc2ccccc21.I. The number of benzene rings is 1. The van der Waals surface area contributed by atoms with Crippen LogP contribution >= 0.6 is 24.0 Å². The molecule has 1 aliphatic heterocycles. The first kappa shape index (κ1) is 23.8. The Morgan fingerprint density at radius 3 is 2.72 bits per heavy atom. The number of guanidine groups is 1. The predicted octanol–water partition coefficient (Wildman–Crippen LogP) is 3.72. The second-order valence-corrected chi connectivity index (χ2v) is 8.04. The lowest BCUT2D eigenvalue weighted by atomic mass is 10.0. The average molecular weight is 514 g/mol. The molecule has 0 spiro atoms. The van der Waals surface area contributed by atoms with Crippen LogP contribution in [0.1, 0.15) is 56.6 Å². The second-order valence-electron chi connectivity index (χ2n) is 8.04. The maximum absolute atomic E-state index is 12.0. The molecule has 2 aliphatic rings. The first-order valence-electron chi connectivity index (χ1n) is 10.6. The standard InChI is InChI=1S/C22H34N4O2.HI/c1-26(2)21(27)16-24-22(23-14-7-10-17-8-3-4-9-17)25-19-13-15-28-20-12-6-5-11-18(19)20;/h5-6,11-12,17,19H,3-4,7-10,13-16H2,1-2H3,(H2,23,24,25);1H. The van der Waals surface area contributed by atoms with E-state index < -0.39 is 0 Å². The summed E-state index contributed by atoms with van der Waals surface area (Å²) in [4.78, 5) is 18.1. The van der Waals surface area contributed by atoms with Gasteiger partial charge < -0.3 is 20.3 Å². The fraction of sp³-hybridized carbons (Fsp3) is 0.636. The van der Waals surface area contributed by atoms with E-state index in [4.69, 9.17) is 4.74 Å². The minimum absolute atomic E-state index is 0. The lowest BCUT2D eigenvalue weighted by molar-refractivity contribution is -0.127. The van der Waals surface area contributed by atoms with Gasteiger partial charge in [-0.2, -0.15) is 0 Å². The summed E-state index contributed by atoms with van der Waals surface area (Å²) < 4.78 is 5.76. The fourth-order valence-corrected chi connectivity index (χ4v) is 3.99. The molecule has 1 aromatic rings. The molecule has 0 bridgehead atoms. The lowest BCUT2D eigenvalue weighted by Gasteiger charge is -2.28. The van der Waals surface area contributed by atoms with E-state index >= 15 is 0 Å². The van der Waals surface area contributed by atoms with E-state index in [0.717, 1.165) is 36.6 Å². The summed E-state index contributed by atoms with van der Waals surface area (Å²) >= 11 is 0. The number of likely N-dealkylation sites (N-methyl/N-ethyl adjacent to an activating group) is 1. The quantitative estimate of drug-likeness (QED) is 0.252. The van der Waals surface area contributed by atoms with E-state index in [-0.39, 0.29) is 42.5 Å². The van der Waals surface area contributed by atoms with Gasteiger partial charge in [-0.3, -0.25) is 4.79 Å². The Morgan fingerprint density at radius 1 is 1.21 bits per heavy atom. The van der Waals surface area contributed by atoms with Crippen molar-refractivity contribution < 1.29 is 9.53 Å². The first-order valence-corrected chi connectivity index (χ1v) is 10.6. The molecule has 3 rings (SSSR count). The number of nitrogens with one attached hydrogen (secondary N) is 2. The van der Waals surface area contributed by atoms with E-state index in [9.17, 15) is 4.79 Å². The molecule has 1 heterocycles. The highest BCUT2D eigenvalue weighted by Gasteiger charge is 2.22. The van der Waals surface area contributed by atoms with E-state index in [2.05, 4.69) is 21.7 Å². The van der Waals surface area contributed by atoms with Gasteiger partial charge in [-0.15, -0.1) is 24.0 Å². The lowest BCUT2D eigenvalue weighted by Crippen LogP contribution is -2.42. The minimum Gasteiger partial charge on any atom is -0.493 e. The first-order chi connectivity index (χ1) is 13.6. The third-order valence-corrected chi connectivity index (χ3v) is 5.70. The van der Waals surface area contributed by atoms with Crippen molar-refractivity contribution in [3.05, 3.63) is 29.8 Å². The van der Waals surface area contributed by atoms with E-state index in [1.165, 1.54) is 32.1 Å². The van der Waals surface area contributed by atoms with Crippen molar-refractivity contribution in [1.82, 2.24) is 15.5 Å². The molecule has 1 atom stereocenters. The third-order valence-electron chi connectivity index (χ3n) is 5.70. The van der Waals surface area contributed by atoms with Crippen LogP contribution in [0, 0.1) is 5.92 Å². The summed E-state index contributed by atoms with van der Waals surface area (Å²) in [6, 6.07) is 8.26. The van der Waals surface area contributed by atoms with E-state index in [1.807, 2.05) is 18.2 Å². The van der Waals surface area contributed by atoms with Gasteiger partial charge in [0.05, 0.1) is 12.6 Å². The van der Waals surface area contributed by atoms with Crippen molar-refractivity contribution in [3.63, 3.8) is 0 Å². The highest BCUT2D eigenvalue weighted by atomic mass is 127. The van der Waals surface area contributed by atoms with Crippen LogP contribution in [0.5, 0.6) is 5.75 Å². The molecule has 0 aromatic heterocycles. The molecule has 1 amide bonds. The topological polar surface area (TPSA) is 66.0 Å². The van der Waals surface area contributed by atoms with Gasteiger partial charge in [0.1, 0.15) is 12.3 Å². The molecule has 2 N–H and O–H groups in total. The van der Waals surface area contributed by atoms with Gasteiger partial charge in [0.25, 0.3) is 0 Å². The molecule has 29 heavy (non-hydrogen) atoms. The number of hydrogen-bond acceptors (Lipinski definition) is 3. The Hall–Kier alpha value is -1.51. The maximum Gasteiger partial charge on any atom is 0.243 e. The zero-order valence-electron chi connectivity index (χ0n) is 17.7. The number of carbonyl (C=O) groups excluding carboxylic acids is 1. The number of para-hydroxylation sites is 1. The highest BCUT2D eigenvalue weighted by Crippen LogP contribution is 2.31. The maximum atomic E-state index is 12.0. The van der Waals surface area contributed by atoms with Crippen LogP contribution in [0.3, 0.4) is 0 Å². The molecule has 1 unspecified atom stereocenters. The van der Waals surface area contributed by atoms with Crippen LogP contribution < -0.4 is 15.4 Å². The molecule has 1 aromatic carbocycles. The second kappa shape index (κ2) is 12.2. The molecule has 6 nitrogen and oxygen atoms in total. The summed E-state index contributed by atoms with van der Waals surface area (Å²) in [5, 5.41) is 6.97. The highest BCUT2D eigenvalue weighted by molar-refractivity contribution is 14.0. The Bertz CT molecular complexity index is 675. The fourth-order valence-electron chi connectivity index (χ4n) is 3.99. The van der Waals surface area contributed by atoms with Gasteiger partial charge in [0, 0.05) is 32.6 Å². The number of ether oxygens (including phenoxy) is 1. The van der Waals surface area contributed by atoms with Crippen LogP contribution in [-0.4, -0.2) is 50.6 Å². The van der Waals surface area contributed by atoms with Crippen molar-refractivity contribution in [1.29, 1.82) is 0 Å². The van der Waals surface area contributed by atoms with Crippen molar-refractivity contribution in [2.45, 2.75) is 51.0 Å². The number of carbonyl (C=O) groups is 1. The number of amides is 1. The minimum atomic E-state index is -0.000525.